The van der Waals surface area contributed by atoms with Gasteiger partial charge in [-0.3, -0.25) is 0 Å². The van der Waals surface area contributed by atoms with Crippen molar-refractivity contribution in [2.45, 2.75) is 9.79 Å². The molecule has 84 valence electrons. The number of sulfone groups is 1. The Morgan fingerprint density at radius 1 is 1.13 bits per heavy atom. The van der Waals surface area contributed by atoms with E-state index in [2.05, 4.69) is 0 Å². The third-order valence-electron chi connectivity index (χ3n) is 1.58. The van der Waals surface area contributed by atoms with Gasteiger partial charge in [0.15, 0.2) is 9.84 Å². The molecule has 0 fully saturated rings. The van der Waals surface area contributed by atoms with Crippen molar-refractivity contribution in [3.05, 3.63) is 24.0 Å². The zero-order valence-corrected chi connectivity index (χ0v) is 9.07. The van der Waals surface area contributed by atoms with Crippen LogP contribution in [0.4, 0.5) is 8.28 Å². The van der Waals surface area contributed by atoms with E-state index in [1.807, 2.05) is 0 Å². The molecule has 0 atom stereocenters. The average molecular weight is 256 g/mol. The molecule has 1 rings (SSSR count). The smallest absolute Gasteiger partial charge is 0.224 e. The van der Waals surface area contributed by atoms with Gasteiger partial charge in [-0.2, -0.15) is 8.42 Å². The van der Waals surface area contributed by atoms with Gasteiger partial charge in [-0.05, 0) is 18.2 Å². The lowest BCUT2D eigenvalue weighted by molar-refractivity contribution is 0.544. The normalized spacial score (nSPS) is 12.7. The molecule has 0 unspecified atom stereocenters. The molecule has 8 heteroatoms. The minimum Gasteiger partial charge on any atom is -0.224 e. The SMILES string of the molecule is CS(=O)(=O)c1ccc(S(=O)(=O)F)cc1F. The lowest BCUT2D eigenvalue weighted by Gasteiger charge is -2.01. The predicted molar refractivity (Wildman–Crippen MR) is 47.8 cm³/mol. The van der Waals surface area contributed by atoms with E-state index in [1.54, 1.807) is 0 Å². The van der Waals surface area contributed by atoms with Crippen LogP contribution >= 0.6 is 0 Å². The highest BCUT2D eigenvalue weighted by Gasteiger charge is 2.18. The monoisotopic (exact) mass is 256 g/mol. The number of hydrogen-bond acceptors (Lipinski definition) is 4. The molecule has 0 aromatic heterocycles. The van der Waals surface area contributed by atoms with E-state index in [0.717, 1.165) is 6.26 Å². The molecule has 0 bridgehead atoms. The van der Waals surface area contributed by atoms with Crippen LogP contribution in [0.1, 0.15) is 0 Å². The molecule has 0 amide bonds. The van der Waals surface area contributed by atoms with Crippen molar-refractivity contribution in [1.29, 1.82) is 0 Å². The molecule has 0 aliphatic carbocycles. The first kappa shape index (κ1) is 12.1. The zero-order chi connectivity index (χ0) is 11.9. The first-order valence-corrected chi connectivity index (χ1v) is 6.84. The van der Waals surface area contributed by atoms with Crippen LogP contribution in [-0.4, -0.2) is 23.1 Å². The Balaban J connectivity index is 3.47. The van der Waals surface area contributed by atoms with Crippen LogP contribution in [-0.2, 0) is 20.1 Å². The quantitative estimate of drug-likeness (QED) is 0.737. The maximum atomic E-state index is 13.1. The fraction of sp³-hybridized carbons (Fsp3) is 0.143. The van der Waals surface area contributed by atoms with E-state index >= 15 is 0 Å². The highest BCUT2D eigenvalue weighted by molar-refractivity contribution is 7.90. The van der Waals surface area contributed by atoms with E-state index in [0.29, 0.717) is 18.2 Å². The van der Waals surface area contributed by atoms with Gasteiger partial charge in [-0.15, -0.1) is 3.89 Å². The van der Waals surface area contributed by atoms with Crippen molar-refractivity contribution in [2.75, 3.05) is 6.26 Å². The van der Waals surface area contributed by atoms with E-state index in [4.69, 9.17) is 0 Å². The Bertz CT molecular complexity index is 589. The lowest BCUT2D eigenvalue weighted by Crippen LogP contribution is -2.02. The fourth-order valence-corrected chi connectivity index (χ4v) is 2.14. The molecule has 0 aliphatic rings. The molecule has 0 aliphatic heterocycles. The standard InChI is InChI=1S/C7H6F2O4S2/c1-14(10,11)7-3-2-5(4-6(7)8)15(9,12)13/h2-4H,1H3. The highest BCUT2D eigenvalue weighted by Crippen LogP contribution is 2.19. The second kappa shape index (κ2) is 3.53. The van der Waals surface area contributed by atoms with Gasteiger partial charge in [-0.1, -0.05) is 0 Å². The van der Waals surface area contributed by atoms with E-state index in [-0.39, 0.29) is 0 Å². The van der Waals surface area contributed by atoms with Crippen molar-refractivity contribution in [2.24, 2.45) is 0 Å². The molecule has 0 saturated heterocycles. The minimum atomic E-state index is -5.02. The molecule has 4 nitrogen and oxygen atoms in total. The van der Waals surface area contributed by atoms with Crippen molar-refractivity contribution < 1.29 is 25.1 Å². The van der Waals surface area contributed by atoms with Crippen LogP contribution in [0.3, 0.4) is 0 Å². The first-order chi connectivity index (χ1) is 6.62. The third kappa shape index (κ3) is 2.72. The van der Waals surface area contributed by atoms with Crippen molar-refractivity contribution in [3.63, 3.8) is 0 Å². The summed E-state index contributed by atoms with van der Waals surface area (Å²) in [6.45, 7) is 0. The van der Waals surface area contributed by atoms with Crippen LogP contribution in [0, 0.1) is 5.82 Å². The second-order valence-corrected chi connectivity index (χ2v) is 6.13. The number of hydrogen-bond donors (Lipinski definition) is 0. The summed E-state index contributed by atoms with van der Waals surface area (Å²) in [6, 6.07) is 1.72. The first-order valence-electron chi connectivity index (χ1n) is 3.56. The number of benzene rings is 1. The summed E-state index contributed by atoms with van der Waals surface area (Å²) in [7, 11) is -8.81. The van der Waals surface area contributed by atoms with E-state index < -0.39 is 35.7 Å². The molecule has 15 heavy (non-hydrogen) atoms. The average Bonchev–Trinajstić information content (AvgIpc) is 1.99. The summed E-state index contributed by atoms with van der Waals surface area (Å²) >= 11 is 0. The maximum absolute atomic E-state index is 13.1. The Labute approximate surface area is 85.7 Å². The predicted octanol–water partition coefficient (Wildman–Crippen LogP) is 0.887. The van der Waals surface area contributed by atoms with Crippen LogP contribution in [0.15, 0.2) is 28.0 Å². The summed E-state index contributed by atoms with van der Waals surface area (Å²) < 4.78 is 68.0. The van der Waals surface area contributed by atoms with Gasteiger partial charge in [0.2, 0.25) is 0 Å². The Morgan fingerprint density at radius 2 is 1.67 bits per heavy atom. The summed E-state index contributed by atoms with van der Waals surface area (Å²) in [5.74, 6) is -1.30. The van der Waals surface area contributed by atoms with Crippen LogP contribution in [0.2, 0.25) is 0 Å². The van der Waals surface area contributed by atoms with E-state index in [9.17, 15) is 25.1 Å². The van der Waals surface area contributed by atoms with Crippen molar-refractivity contribution >= 4 is 20.1 Å². The topological polar surface area (TPSA) is 68.3 Å². The molecule has 0 heterocycles. The Hall–Kier alpha value is -1.02. The Morgan fingerprint density at radius 3 is 2.00 bits per heavy atom. The van der Waals surface area contributed by atoms with E-state index in [1.165, 1.54) is 0 Å². The molecule has 0 radical (unpaired) electrons. The summed E-state index contributed by atoms with van der Waals surface area (Å²) in [4.78, 5) is -1.58. The van der Waals surface area contributed by atoms with Gasteiger partial charge in [0.05, 0.1) is 0 Å². The van der Waals surface area contributed by atoms with Crippen LogP contribution in [0.5, 0.6) is 0 Å². The third-order valence-corrected chi connectivity index (χ3v) is 3.53. The highest BCUT2D eigenvalue weighted by atomic mass is 32.3. The summed E-state index contributed by atoms with van der Waals surface area (Å²) in [5, 5.41) is 0. The zero-order valence-electron chi connectivity index (χ0n) is 7.44. The minimum absolute atomic E-state index is 0.325. The molecule has 1 aromatic carbocycles. The molecular weight excluding hydrogens is 250 g/mol. The summed E-state index contributed by atoms with van der Waals surface area (Å²) in [6.07, 6.45) is 0.759. The molecule has 0 N–H and O–H groups in total. The van der Waals surface area contributed by atoms with Crippen LogP contribution in [0.25, 0.3) is 0 Å². The summed E-state index contributed by atoms with van der Waals surface area (Å²) in [5.41, 5.74) is 0. The van der Waals surface area contributed by atoms with Gasteiger partial charge in [0.25, 0.3) is 0 Å². The van der Waals surface area contributed by atoms with Gasteiger partial charge in [0, 0.05) is 6.26 Å². The van der Waals surface area contributed by atoms with Gasteiger partial charge in [-0.25, -0.2) is 12.8 Å². The molecule has 1 aromatic rings. The van der Waals surface area contributed by atoms with Crippen molar-refractivity contribution in [3.8, 4) is 0 Å². The Kier molecular flexibility index (Phi) is 2.83. The largest absolute Gasteiger partial charge is 0.332 e. The van der Waals surface area contributed by atoms with Crippen molar-refractivity contribution in [1.82, 2.24) is 0 Å². The van der Waals surface area contributed by atoms with Gasteiger partial charge in [0.1, 0.15) is 15.6 Å². The number of halogens is 2. The molecule has 0 saturated carbocycles. The van der Waals surface area contributed by atoms with Gasteiger partial charge >= 0.3 is 10.2 Å². The maximum Gasteiger partial charge on any atom is 0.332 e. The van der Waals surface area contributed by atoms with Crippen LogP contribution < -0.4 is 0 Å². The molecule has 0 spiro atoms. The second-order valence-electron chi connectivity index (χ2n) is 2.80. The lowest BCUT2D eigenvalue weighted by atomic mass is 10.3. The van der Waals surface area contributed by atoms with Gasteiger partial charge < -0.3 is 0 Å². The fourth-order valence-electron chi connectivity index (χ4n) is 0.934. The molecular formula is C7H6F2O4S2. The number of rotatable bonds is 2.